The molecule has 5 nitrogen and oxygen atoms in total. The van der Waals surface area contributed by atoms with Gasteiger partial charge in [0.25, 0.3) is 5.91 Å². The lowest BCUT2D eigenvalue weighted by atomic mass is 9.93. The van der Waals surface area contributed by atoms with E-state index in [1.54, 1.807) is 18.4 Å². The largest absolute Gasteiger partial charge is 0.469 e. The number of amides is 1. The third kappa shape index (κ3) is 2.29. The van der Waals surface area contributed by atoms with Crippen molar-refractivity contribution in [2.75, 3.05) is 0 Å². The fourth-order valence-corrected chi connectivity index (χ4v) is 2.48. The number of hydrogen-bond donors (Lipinski definition) is 2. The van der Waals surface area contributed by atoms with Crippen molar-refractivity contribution in [2.24, 2.45) is 5.73 Å². The van der Waals surface area contributed by atoms with Crippen molar-refractivity contribution in [3.8, 4) is 0 Å². The first-order valence-corrected chi connectivity index (χ1v) is 6.44. The zero-order valence-electron chi connectivity index (χ0n) is 10.5. The fraction of sp³-hybridized carbons (Fsp3) is 0.357. The van der Waals surface area contributed by atoms with Gasteiger partial charge < -0.3 is 19.9 Å². The van der Waals surface area contributed by atoms with E-state index in [1.807, 2.05) is 6.07 Å². The van der Waals surface area contributed by atoms with E-state index in [0.29, 0.717) is 18.1 Å². The van der Waals surface area contributed by atoms with Crippen molar-refractivity contribution in [1.82, 2.24) is 5.32 Å². The summed E-state index contributed by atoms with van der Waals surface area (Å²) in [6.07, 6.45) is 4.54. The number of rotatable bonds is 3. The van der Waals surface area contributed by atoms with E-state index < -0.39 is 0 Å². The van der Waals surface area contributed by atoms with Gasteiger partial charge in [0, 0.05) is 12.0 Å². The van der Waals surface area contributed by atoms with Gasteiger partial charge in [0.05, 0.1) is 18.8 Å². The predicted molar refractivity (Wildman–Crippen MR) is 68.5 cm³/mol. The van der Waals surface area contributed by atoms with E-state index in [1.165, 1.54) is 0 Å². The minimum absolute atomic E-state index is 0.00132. The van der Waals surface area contributed by atoms with Crippen molar-refractivity contribution < 1.29 is 13.6 Å². The molecule has 19 heavy (non-hydrogen) atoms. The van der Waals surface area contributed by atoms with Gasteiger partial charge in [0.2, 0.25) is 0 Å². The maximum Gasteiger partial charge on any atom is 0.287 e. The standard InChI is InChI=1S/C14H16N2O3/c15-8-9-4-5-13(19-9)14(17)16-11-2-1-3-12-10(11)6-7-18-12/h4-7,11H,1-3,8,15H2,(H,16,17). The molecule has 0 bridgehead atoms. The molecule has 2 aromatic heterocycles. The second kappa shape index (κ2) is 4.93. The first kappa shape index (κ1) is 12.0. The van der Waals surface area contributed by atoms with Gasteiger partial charge in [-0.25, -0.2) is 0 Å². The monoisotopic (exact) mass is 260 g/mol. The van der Waals surface area contributed by atoms with Crippen LogP contribution in [-0.4, -0.2) is 5.91 Å². The van der Waals surface area contributed by atoms with Crippen LogP contribution in [0.5, 0.6) is 0 Å². The Balaban J connectivity index is 1.74. The van der Waals surface area contributed by atoms with Gasteiger partial charge in [-0.05, 0) is 31.0 Å². The Kier molecular flexibility index (Phi) is 3.13. The van der Waals surface area contributed by atoms with E-state index in [0.717, 1.165) is 30.6 Å². The smallest absolute Gasteiger partial charge is 0.287 e. The maximum atomic E-state index is 12.1. The van der Waals surface area contributed by atoms with Gasteiger partial charge in [0.15, 0.2) is 5.76 Å². The molecular weight excluding hydrogens is 244 g/mol. The van der Waals surface area contributed by atoms with Gasteiger partial charge in [-0.3, -0.25) is 4.79 Å². The van der Waals surface area contributed by atoms with Gasteiger partial charge in [-0.1, -0.05) is 0 Å². The van der Waals surface area contributed by atoms with Crippen molar-refractivity contribution in [2.45, 2.75) is 31.8 Å². The number of nitrogens with two attached hydrogens (primary N) is 1. The first-order chi connectivity index (χ1) is 9.28. The van der Waals surface area contributed by atoms with Crippen LogP contribution in [0.1, 0.15) is 46.5 Å². The summed E-state index contributed by atoms with van der Waals surface area (Å²) in [4.78, 5) is 12.1. The first-order valence-electron chi connectivity index (χ1n) is 6.44. The van der Waals surface area contributed by atoms with E-state index in [-0.39, 0.29) is 11.9 Å². The molecule has 1 amide bonds. The molecule has 1 atom stereocenters. The van der Waals surface area contributed by atoms with Crippen LogP contribution in [0.2, 0.25) is 0 Å². The fourth-order valence-electron chi connectivity index (χ4n) is 2.48. The highest BCUT2D eigenvalue weighted by atomic mass is 16.4. The zero-order chi connectivity index (χ0) is 13.2. The van der Waals surface area contributed by atoms with Crippen LogP contribution in [0.25, 0.3) is 0 Å². The Labute approximate surface area is 110 Å². The van der Waals surface area contributed by atoms with Crippen LogP contribution in [-0.2, 0) is 13.0 Å². The molecule has 0 fully saturated rings. The van der Waals surface area contributed by atoms with E-state index in [4.69, 9.17) is 14.6 Å². The number of furan rings is 2. The molecule has 0 spiro atoms. The van der Waals surface area contributed by atoms with Crippen molar-refractivity contribution >= 4 is 5.91 Å². The van der Waals surface area contributed by atoms with Crippen LogP contribution in [0.15, 0.2) is 33.3 Å². The van der Waals surface area contributed by atoms with Crippen LogP contribution >= 0.6 is 0 Å². The molecule has 0 aliphatic heterocycles. The lowest BCUT2D eigenvalue weighted by Crippen LogP contribution is -2.30. The van der Waals surface area contributed by atoms with Crippen molar-refractivity contribution in [3.63, 3.8) is 0 Å². The highest BCUT2D eigenvalue weighted by Crippen LogP contribution is 2.30. The lowest BCUT2D eigenvalue weighted by Gasteiger charge is -2.22. The van der Waals surface area contributed by atoms with Gasteiger partial charge in [-0.15, -0.1) is 0 Å². The molecule has 5 heteroatoms. The summed E-state index contributed by atoms with van der Waals surface area (Å²) < 4.78 is 10.7. The predicted octanol–water partition coefficient (Wildman–Crippen LogP) is 2.14. The van der Waals surface area contributed by atoms with Crippen LogP contribution in [0.4, 0.5) is 0 Å². The summed E-state index contributed by atoms with van der Waals surface area (Å²) in [5.41, 5.74) is 6.53. The maximum absolute atomic E-state index is 12.1. The molecule has 3 N–H and O–H groups in total. The number of carbonyl (C=O) groups excluding carboxylic acids is 1. The normalized spacial score (nSPS) is 18.1. The van der Waals surface area contributed by atoms with Gasteiger partial charge >= 0.3 is 0 Å². The van der Waals surface area contributed by atoms with Gasteiger partial charge in [0.1, 0.15) is 11.5 Å². The summed E-state index contributed by atoms with van der Waals surface area (Å²) in [5.74, 6) is 1.67. The van der Waals surface area contributed by atoms with E-state index >= 15 is 0 Å². The molecule has 1 aliphatic rings. The second-order valence-electron chi connectivity index (χ2n) is 4.69. The van der Waals surface area contributed by atoms with Crippen molar-refractivity contribution in [3.05, 3.63) is 47.3 Å². The molecular formula is C14H16N2O3. The minimum atomic E-state index is -0.209. The highest BCUT2D eigenvalue weighted by molar-refractivity contribution is 5.91. The third-order valence-electron chi connectivity index (χ3n) is 3.44. The Morgan fingerprint density at radius 2 is 2.32 bits per heavy atom. The van der Waals surface area contributed by atoms with Crippen LogP contribution in [0, 0.1) is 0 Å². The molecule has 100 valence electrons. The van der Waals surface area contributed by atoms with Crippen LogP contribution in [0.3, 0.4) is 0 Å². The number of nitrogens with one attached hydrogen (secondary N) is 1. The SMILES string of the molecule is NCc1ccc(C(=O)NC2CCCc3occc32)o1. The quantitative estimate of drug-likeness (QED) is 0.885. The summed E-state index contributed by atoms with van der Waals surface area (Å²) in [7, 11) is 0. The molecule has 0 saturated carbocycles. The summed E-state index contributed by atoms with van der Waals surface area (Å²) in [6, 6.07) is 5.30. The molecule has 2 aromatic rings. The third-order valence-corrected chi connectivity index (χ3v) is 3.44. The number of carbonyl (C=O) groups is 1. The topological polar surface area (TPSA) is 81.4 Å². The summed E-state index contributed by atoms with van der Waals surface area (Å²) in [5, 5.41) is 2.98. The Hall–Kier alpha value is -2.01. The second-order valence-corrected chi connectivity index (χ2v) is 4.69. The Bertz CT molecular complexity index is 585. The summed E-state index contributed by atoms with van der Waals surface area (Å²) >= 11 is 0. The van der Waals surface area contributed by atoms with Crippen molar-refractivity contribution in [1.29, 1.82) is 0 Å². The zero-order valence-corrected chi connectivity index (χ0v) is 10.5. The molecule has 1 unspecified atom stereocenters. The molecule has 0 aromatic carbocycles. The highest BCUT2D eigenvalue weighted by Gasteiger charge is 2.25. The molecule has 0 saturated heterocycles. The Morgan fingerprint density at radius 3 is 3.11 bits per heavy atom. The average molecular weight is 260 g/mol. The van der Waals surface area contributed by atoms with E-state index in [9.17, 15) is 4.79 Å². The van der Waals surface area contributed by atoms with Gasteiger partial charge in [-0.2, -0.15) is 0 Å². The van der Waals surface area contributed by atoms with Crippen LogP contribution < -0.4 is 11.1 Å². The molecule has 1 aliphatic carbocycles. The number of hydrogen-bond acceptors (Lipinski definition) is 4. The minimum Gasteiger partial charge on any atom is -0.469 e. The lowest BCUT2D eigenvalue weighted by molar-refractivity contribution is 0.0902. The molecule has 0 radical (unpaired) electrons. The molecule has 2 heterocycles. The average Bonchev–Trinajstić information content (AvgIpc) is 3.08. The molecule has 3 rings (SSSR count). The number of fused-ring (bicyclic) bond motifs is 1. The van der Waals surface area contributed by atoms with E-state index in [2.05, 4.69) is 5.32 Å². The Morgan fingerprint density at radius 1 is 1.42 bits per heavy atom. The number of aryl methyl sites for hydroxylation is 1. The summed E-state index contributed by atoms with van der Waals surface area (Å²) in [6.45, 7) is 0.294.